The zero-order valence-electron chi connectivity index (χ0n) is 13.1. The lowest BCUT2D eigenvalue weighted by atomic mass is 10.2. The van der Waals surface area contributed by atoms with Gasteiger partial charge in [-0.25, -0.2) is 4.79 Å². The summed E-state index contributed by atoms with van der Waals surface area (Å²) in [4.78, 5) is 47.9. The van der Waals surface area contributed by atoms with Gasteiger partial charge in [-0.1, -0.05) is 6.07 Å². The molecule has 3 amide bonds. The maximum Gasteiger partial charge on any atom is 0.343 e. The average Bonchev–Trinajstić information content (AvgIpc) is 2.94. The fraction of sp³-hybridized carbons (Fsp3) is 0.111. The summed E-state index contributed by atoms with van der Waals surface area (Å²) >= 11 is 0. The van der Waals surface area contributed by atoms with Gasteiger partial charge in [0, 0.05) is 18.4 Å². The molecule has 7 heteroatoms. The van der Waals surface area contributed by atoms with Crippen LogP contribution in [0.1, 0.15) is 33.6 Å². The number of imide groups is 1. The lowest BCUT2D eigenvalue weighted by Gasteiger charge is -2.14. The molecule has 1 aliphatic heterocycles. The van der Waals surface area contributed by atoms with E-state index in [9.17, 15) is 19.2 Å². The molecule has 25 heavy (non-hydrogen) atoms. The van der Waals surface area contributed by atoms with E-state index in [1.54, 1.807) is 12.1 Å². The standard InChI is InChI=1S/C18H14N2O5/c19-17(23)11-4-6-14(7-5-11)25-18(24)12-2-1-3-13(10-12)20-15(21)8-9-16(20)22/h1-7,10H,8-9H2,(H2,19,23). The molecule has 1 heterocycles. The van der Waals surface area contributed by atoms with Gasteiger partial charge < -0.3 is 10.5 Å². The molecule has 3 rings (SSSR count). The Balaban J connectivity index is 1.78. The third-order valence-corrected chi connectivity index (χ3v) is 3.74. The van der Waals surface area contributed by atoms with E-state index in [0.29, 0.717) is 11.3 Å². The van der Waals surface area contributed by atoms with E-state index in [1.165, 1.54) is 36.4 Å². The molecule has 0 radical (unpaired) electrons. The van der Waals surface area contributed by atoms with Gasteiger partial charge >= 0.3 is 5.97 Å². The summed E-state index contributed by atoms with van der Waals surface area (Å²) in [5, 5.41) is 0. The van der Waals surface area contributed by atoms with Crippen LogP contribution in [0.25, 0.3) is 0 Å². The van der Waals surface area contributed by atoms with Crippen molar-refractivity contribution in [3.8, 4) is 5.75 Å². The van der Waals surface area contributed by atoms with Crippen LogP contribution in [0.15, 0.2) is 48.5 Å². The van der Waals surface area contributed by atoms with Crippen LogP contribution in [0.2, 0.25) is 0 Å². The van der Waals surface area contributed by atoms with Crippen LogP contribution >= 0.6 is 0 Å². The second-order valence-corrected chi connectivity index (χ2v) is 5.45. The second kappa shape index (κ2) is 6.56. The first-order valence-corrected chi connectivity index (χ1v) is 7.53. The minimum atomic E-state index is -0.646. The van der Waals surface area contributed by atoms with Crippen molar-refractivity contribution in [1.82, 2.24) is 0 Å². The average molecular weight is 338 g/mol. The number of amides is 3. The van der Waals surface area contributed by atoms with E-state index in [4.69, 9.17) is 10.5 Å². The molecule has 126 valence electrons. The highest BCUT2D eigenvalue weighted by atomic mass is 16.5. The molecule has 2 aromatic rings. The number of rotatable bonds is 4. The molecule has 2 aromatic carbocycles. The number of hydrogen-bond donors (Lipinski definition) is 1. The summed E-state index contributed by atoms with van der Waals surface area (Å²) in [5.74, 6) is -1.57. The zero-order chi connectivity index (χ0) is 18.0. The monoisotopic (exact) mass is 338 g/mol. The minimum Gasteiger partial charge on any atom is -0.423 e. The Hall–Kier alpha value is -3.48. The Morgan fingerprint density at radius 1 is 0.920 bits per heavy atom. The number of nitrogens with two attached hydrogens (primary N) is 1. The van der Waals surface area contributed by atoms with Gasteiger partial charge in [0.1, 0.15) is 5.75 Å². The number of carbonyl (C=O) groups is 4. The van der Waals surface area contributed by atoms with Crippen molar-refractivity contribution in [3.05, 3.63) is 59.7 Å². The Bertz CT molecular complexity index is 857. The normalized spacial score (nSPS) is 13.8. The third kappa shape index (κ3) is 3.40. The summed E-state index contributed by atoms with van der Waals surface area (Å²) in [6.07, 6.45) is 0.333. The number of esters is 1. The first-order chi connectivity index (χ1) is 12.0. The van der Waals surface area contributed by atoms with Crippen LogP contribution in [0.3, 0.4) is 0 Å². The molecule has 0 unspecified atom stereocenters. The molecule has 0 saturated carbocycles. The maximum absolute atomic E-state index is 12.3. The number of primary amides is 1. The van der Waals surface area contributed by atoms with Crippen LogP contribution in [-0.4, -0.2) is 23.7 Å². The van der Waals surface area contributed by atoms with Gasteiger partial charge in [-0.05, 0) is 42.5 Å². The Morgan fingerprint density at radius 3 is 2.16 bits per heavy atom. The number of nitrogens with zero attached hydrogens (tertiary/aromatic N) is 1. The summed E-state index contributed by atoms with van der Waals surface area (Å²) < 4.78 is 5.23. The Labute approximate surface area is 143 Å². The van der Waals surface area contributed by atoms with E-state index >= 15 is 0 Å². The molecular formula is C18H14N2O5. The van der Waals surface area contributed by atoms with Crippen LogP contribution in [0.4, 0.5) is 5.69 Å². The van der Waals surface area contributed by atoms with E-state index < -0.39 is 11.9 Å². The predicted molar refractivity (Wildman–Crippen MR) is 88.1 cm³/mol. The predicted octanol–water partition coefficient (Wildman–Crippen LogP) is 1.66. The molecule has 1 fully saturated rings. The van der Waals surface area contributed by atoms with Crippen molar-refractivity contribution in [1.29, 1.82) is 0 Å². The molecule has 1 saturated heterocycles. The van der Waals surface area contributed by atoms with Crippen LogP contribution in [-0.2, 0) is 9.59 Å². The fourth-order valence-corrected chi connectivity index (χ4v) is 2.49. The summed E-state index contributed by atoms with van der Waals surface area (Å²) in [7, 11) is 0. The van der Waals surface area contributed by atoms with Crippen molar-refractivity contribution < 1.29 is 23.9 Å². The summed E-state index contributed by atoms with van der Waals surface area (Å²) in [5.41, 5.74) is 5.98. The van der Waals surface area contributed by atoms with Crippen LogP contribution in [0, 0.1) is 0 Å². The van der Waals surface area contributed by atoms with Crippen molar-refractivity contribution in [2.75, 3.05) is 4.90 Å². The largest absolute Gasteiger partial charge is 0.423 e. The zero-order valence-corrected chi connectivity index (χ0v) is 13.1. The molecule has 0 spiro atoms. The van der Waals surface area contributed by atoms with E-state index in [0.717, 1.165) is 4.90 Å². The summed E-state index contributed by atoms with van der Waals surface area (Å²) in [6, 6.07) is 11.9. The highest BCUT2D eigenvalue weighted by molar-refractivity contribution is 6.20. The Kier molecular flexibility index (Phi) is 4.30. The number of hydrogen-bond acceptors (Lipinski definition) is 5. The first kappa shape index (κ1) is 16.4. The molecule has 0 aromatic heterocycles. The van der Waals surface area contributed by atoms with Gasteiger partial charge in [-0.2, -0.15) is 0 Å². The first-order valence-electron chi connectivity index (χ1n) is 7.53. The maximum atomic E-state index is 12.3. The second-order valence-electron chi connectivity index (χ2n) is 5.45. The van der Waals surface area contributed by atoms with Gasteiger partial charge in [0.25, 0.3) is 0 Å². The van der Waals surface area contributed by atoms with Crippen LogP contribution < -0.4 is 15.4 Å². The molecule has 0 atom stereocenters. The van der Waals surface area contributed by atoms with E-state index in [2.05, 4.69) is 0 Å². The molecule has 1 aliphatic rings. The smallest absolute Gasteiger partial charge is 0.343 e. The van der Waals surface area contributed by atoms with Crippen molar-refractivity contribution in [2.24, 2.45) is 5.73 Å². The number of anilines is 1. The van der Waals surface area contributed by atoms with E-state index in [1.807, 2.05) is 0 Å². The van der Waals surface area contributed by atoms with Gasteiger partial charge in [0.15, 0.2) is 0 Å². The topological polar surface area (TPSA) is 107 Å². The van der Waals surface area contributed by atoms with Gasteiger partial charge in [-0.3, -0.25) is 19.3 Å². The molecule has 0 bridgehead atoms. The highest BCUT2D eigenvalue weighted by Gasteiger charge is 2.30. The quantitative estimate of drug-likeness (QED) is 0.518. The van der Waals surface area contributed by atoms with Crippen molar-refractivity contribution >= 4 is 29.4 Å². The third-order valence-electron chi connectivity index (χ3n) is 3.74. The number of carbonyl (C=O) groups excluding carboxylic acids is 4. The molecular weight excluding hydrogens is 324 g/mol. The summed E-state index contributed by atoms with van der Waals surface area (Å²) in [6.45, 7) is 0. The SMILES string of the molecule is NC(=O)c1ccc(OC(=O)c2cccc(N3C(=O)CCC3=O)c2)cc1. The minimum absolute atomic E-state index is 0.166. The van der Waals surface area contributed by atoms with Gasteiger partial charge in [-0.15, -0.1) is 0 Å². The number of benzene rings is 2. The molecule has 2 N–H and O–H groups in total. The van der Waals surface area contributed by atoms with Crippen LogP contribution in [0.5, 0.6) is 5.75 Å². The van der Waals surface area contributed by atoms with E-state index in [-0.39, 0.29) is 36.0 Å². The molecule has 7 nitrogen and oxygen atoms in total. The fourth-order valence-electron chi connectivity index (χ4n) is 2.49. The van der Waals surface area contributed by atoms with Gasteiger partial charge in [0.2, 0.25) is 17.7 Å². The number of ether oxygens (including phenoxy) is 1. The lowest BCUT2D eigenvalue weighted by molar-refractivity contribution is -0.121. The van der Waals surface area contributed by atoms with Gasteiger partial charge in [0.05, 0.1) is 11.3 Å². The Morgan fingerprint density at radius 2 is 1.56 bits per heavy atom. The lowest BCUT2D eigenvalue weighted by Crippen LogP contribution is -2.28. The van der Waals surface area contributed by atoms with Crippen molar-refractivity contribution in [3.63, 3.8) is 0 Å². The highest BCUT2D eigenvalue weighted by Crippen LogP contribution is 2.24. The molecule has 0 aliphatic carbocycles. The van der Waals surface area contributed by atoms with Crippen molar-refractivity contribution in [2.45, 2.75) is 12.8 Å².